The van der Waals surface area contributed by atoms with Gasteiger partial charge in [-0.1, -0.05) is 6.92 Å². The van der Waals surface area contributed by atoms with Crippen molar-refractivity contribution in [2.75, 3.05) is 13.1 Å². The highest BCUT2D eigenvalue weighted by Crippen LogP contribution is 2.31. The fourth-order valence-corrected chi connectivity index (χ4v) is 3.01. The Bertz CT molecular complexity index is 404. The molecule has 5 nitrogen and oxygen atoms in total. The van der Waals surface area contributed by atoms with E-state index in [-0.39, 0.29) is 18.2 Å². The summed E-state index contributed by atoms with van der Waals surface area (Å²) in [5.41, 5.74) is 7.50. The molecule has 5 heteroatoms. The van der Waals surface area contributed by atoms with Crippen LogP contribution in [0.2, 0.25) is 0 Å². The van der Waals surface area contributed by atoms with Crippen molar-refractivity contribution >= 4 is 0 Å². The lowest BCUT2D eigenvalue weighted by Crippen LogP contribution is -2.40. The van der Waals surface area contributed by atoms with E-state index in [1.165, 1.54) is 5.56 Å². The van der Waals surface area contributed by atoms with E-state index in [0.29, 0.717) is 5.92 Å². The second kappa shape index (κ2) is 6.03. The van der Waals surface area contributed by atoms with Gasteiger partial charge in [-0.15, -0.1) is 0 Å². The lowest BCUT2D eigenvalue weighted by Gasteiger charge is -2.31. The topological polar surface area (TPSA) is 67.3 Å². The van der Waals surface area contributed by atoms with E-state index >= 15 is 0 Å². The summed E-state index contributed by atoms with van der Waals surface area (Å²) < 4.78 is 1.83. The molecule has 2 rings (SSSR count). The smallest absolute Gasteiger partial charge is 0.0552 e. The maximum atomic E-state index is 9.75. The number of nitrogens with zero attached hydrogens (tertiary/aromatic N) is 3. The maximum absolute atomic E-state index is 9.75. The predicted octanol–water partition coefficient (Wildman–Crippen LogP) is 0.901. The Morgan fingerprint density at radius 2 is 2.32 bits per heavy atom. The van der Waals surface area contributed by atoms with Crippen LogP contribution in [0, 0.1) is 5.92 Å². The molecule has 4 atom stereocenters. The van der Waals surface area contributed by atoms with E-state index < -0.39 is 0 Å². The van der Waals surface area contributed by atoms with Gasteiger partial charge in [0.05, 0.1) is 18.3 Å². The van der Waals surface area contributed by atoms with Crippen LogP contribution in [-0.2, 0) is 7.05 Å². The minimum absolute atomic E-state index is 0.108. The molecule has 3 N–H and O–H groups in total. The Balaban J connectivity index is 2.15. The van der Waals surface area contributed by atoms with Crippen molar-refractivity contribution in [2.45, 2.75) is 44.9 Å². The molecule has 0 radical (unpaired) electrons. The van der Waals surface area contributed by atoms with Gasteiger partial charge in [-0.05, 0) is 32.2 Å². The Morgan fingerprint density at radius 1 is 1.58 bits per heavy atom. The lowest BCUT2D eigenvalue weighted by molar-refractivity contribution is 0.118. The molecule has 1 aromatic heterocycles. The van der Waals surface area contributed by atoms with Crippen molar-refractivity contribution in [1.82, 2.24) is 14.7 Å². The normalized spacial score (nSPS) is 25.4. The molecule has 1 aliphatic heterocycles. The van der Waals surface area contributed by atoms with Gasteiger partial charge in [0.1, 0.15) is 0 Å². The third kappa shape index (κ3) is 3.16. The van der Waals surface area contributed by atoms with Gasteiger partial charge in [0.15, 0.2) is 0 Å². The summed E-state index contributed by atoms with van der Waals surface area (Å²) >= 11 is 0. The summed E-state index contributed by atoms with van der Waals surface area (Å²) in [6, 6.07) is 0.319. The molecule has 1 aliphatic rings. The molecular formula is C14H26N4O. The Labute approximate surface area is 115 Å². The lowest BCUT2D eigenvalue weighted by atomic mass is 9.99. The van der Waals surface area contributed by atoms with Crippen molar-refractivity contribution in [2.24, 2.45) is 18.7 Å². The number of nitrogens with two attached hydrogens (primary N) is 1. The van der Waals surface area contributed by atoms with Crippen molar-refractivity contribution in [3.8, 4) is 0 Å². The molecular weight excluding hydrogens is 240 g/mol. The van der Waals surface area contributed by atoms with Crippen molar-refractivity contribution in [3.63, 3.8) is 0 Å². The number of hydrogen-bond acceptors (Lipinski definition) is 4. The summed E-state index contributed by atoms with van der Waals surface area (Å²) in [6.07, 6.45) is 5.71. The number of aliphatic hydroxyl groups is 1. The second-order valence-electron chi connectivity index (χ2n) is 5.75. The number of aromatic nitrogens is 2. The highest BCUT2D eigenvalue weighted by Gasteiger charge is 2.34. The van der Waals surface area contributed by atoms with E-state index in [4.69, 9.17) is 5.73 Å². The van der Waals surface area contributed by atoms with E-state index in [9.17, 15) is 5.11 Å². The van der Waals surface area contributed by atoms with E-state index in [1.54, 1.807) is 0 Å². The summed E-state index contributed by atoms with van der Waals surface area (Å²) in [7, 11) is 1.93. The Hall–Kier alpha value is -0.910. The molecule has 0 spiro atoms. The van der Waals surface area contributed by atoms with E-state index in [0.717, 1.165) is 25.9 Å². The highest BCUT2D eigenvalue weighted by molar-refractivity contribution is 5.14. The first-order valence-corrected chi connectivity index (χ1v) is 7.19. The first kappa shape index (κ1) is 14.5. The monoisotopic (exact) mass is 266 g/mol. The van der Waals surface area contributed by atoms with E-state index in [1.807, 2.05) is 24.9 Å². The molecule has 1 saturated heterocycles. The van der Waals surface area contributed by atoms with Crippen molar-refractivity contribution < 1.29 is 5.11 Å². The largest absolute Gasteiger partial charge is 0.393 e. The third-order valence-corrected chi connectivity index (χ3v) is 4.28. The molecule has 1 fully saturated rings. The third-order valence-electron chi connectivity index (χ3n) is 4.28. The van der Waals surface area contributed by atoms with Gasteiger partial charge in [0.25, 0.3) is 0 Å². The van der Waals surface area contributed by atoms with Gasteiger partial charge in [-0.25, -0.2) is 0 Å². The zero-order valence-electron chi connectivity index (χ0n) is 12.2. The number of likely N-dealkylation sites (tertiary alicyclic amines) is 1. The van der Waals surface area contributed by atoms with Gasteiger partial charge < -0.3 is 10.8 Å². The molecule has 108 valence electrons. The molecule has 0 aromatic carbocycles. The van der Waals surface area contributed by atoms with Gasteiger partial charge in [0, 0.05) is 31.4 Å². The van der Waals surface area contributed by atoms with Crippen LogP contribution in [0.25, 0.3) is 0 Å². The van der Waals surface area contributed by atoms with Gasteiger partial charge in [-0.3, -0.25) is 9.58 Å². The van der Waals surface area contributed by atoms with Crippen LogP contribution in [0.1, 0.15) is 38.3 Å². The SMILES string of the molecule is CCC(N)C(c1cnn(C)c1)N1CCC(C(C)O)C1. The van der Waals surface area contributed by atoms with Crippen LogP contribution in [0.15, 0.2) is 12.4 Å². The van der Waals surface area contributed by atoms with Gasteiger partial charge in [0.2, 0.25) is 0 Å². The summed E-state index contributed by atoms with van der Waals surface area (Å²) in [5.74, 6) is 0.364. The van der Waals surface area contributed by atoms with Gasteiger partial charge >= 0.3 is 0 Å². The van der Waals surface area contributed by atoms with Crippen LogP contribution < -0.4 is 5.73 Å². The summed E-state index contributed by atoms with van der Waals surface area (Å²) in [6.45, 7) is 5.93. The van der Waals surface area contributed by atoms with Crippen LogP contribution >= 0.6 is 0 Å². The summed E-state index contributed by atoms with van der Waals surface area (Å²) in [5, 5.41) is 14.0. The van der Waals surface area contributed by atoms with Crippen molar-refractivity contribution in [1.29, 1.82) is 0 Å². The van der Waals surface area contributed by atoms with Crippen LogP contribution in [0.3, 0.4) is 0 Å². The molecule has 1 aromatic rings. The Morgan fingerprint density at radius 3 is 2.79 bits per heavy atom. The van der Waals surface area contributed by atoms with Crippen LogP contribution in [-0.4, -0.2) is 45.0 Å². The van der Waals surface area contributed by atoms with E-state index in [2.05, 4.69) is 23.1 Å². The Kier molecular flexibility index (Phi) is 4.60. The number of aliphatic hydroxyl groups excluding tert-OH is 1. The van der Waals surface area contributed by atoms with Crippen molar-refractivity contribution in [3.05, 3.63) is 18.0 Å². The molecule has 4 unspecified atom stereocenters. The van der Waals surface area contributed by atoms with Crippen LogP contribution in [0.4, 0.5) is 0 Å². The standard InChI is InChI=1S/C14H26N4O/c1-4-13(15)14(12-7-16-17(3)8-12)18-6-5-11(9-18)10(2)19/h7-8,10-11,13-14,19H,4-6,9,15H2,1-3H3. The fourth-order valence-electron chi connectivity index (χ4n) is 3.01. The molecule has 0 saturated carbocycles. The minimum atomic E-state index is -0.239. The quantitative estimate of drug-likeness (QED) is 0.831. The molecule has 0 bridgehead atoms. The average molecular weight is 266 g/mol. The zero-order valence-corrected chi connectivity index (χ0v) is 12.2. The number of aryl methyl sites for hydroxylation is 1. The van der Waals surface area contributed by atoms with Gasteiger partial charge in [-0.2, -0.15) is 5.10 Å². The molecule has 2 heterocycles. The average Bonchev–Trinajstić information content (AvgIpc) is 2.99. The highest BCUT2D eigenvalue weighted by atomic mass is 16.3. The predicted molar refractivity (Wildman–Crippen MR) is 75.6 cm³/mol. The molecule has 19 heavy (non-hydrogen) atoms. The molecule has 0 amide bonds. The van der Waals surface area contributed by atoms with Crippen LogP contribution in [0.5, 0.6) is 0 Å². The first-order valence-electron chi connectivity index (χ1n) is 7.19. The molecule has 0 aliphatic carbocycles. The summed E-state index contributed by atoms with van der Waals surface area (Å²) in [4.78, 5) is 2.41. The first-order chi connectivity index (χ1) is 9.02. The minimum Gasteiger partial charge on any atom is -0.393 e. The number of rotatable bonds is 5. The number of hydrogen-bond donors (Lipinski definition) is 2. The zero-order chi connectivity index (χ0) is 14.0. The maximum Gasteiger partial charge on any atom is 0.0552 e. The fraction of sp³-hybridized carbons (Fsp3) is 0.786. The second-order valence-corrected chi connectivity index (χ2v) is 5.75.